The summed E-state index contributed by atoms with van der Waals surface area (Å²) in [6.07, 6.45) is 6.01. The van der Waals surface area contributed by atoms with Gasteiger partial charge in [0.2, 0.25) is 5.95 Å². The maximum absolute atomic E-state index is 11.1. The summed E-state index contributed by atoms with van der Waals surface area (Å²) < 4.78 is 4.96. The van der Waals surface area contributed by atoms with Crippen LogP contribution in [-0.4, -0.2) is 29.1 Å². The number of hydrogen-bond acceptors (Lipinski definition) is 5. The maximum Gasteiger partial charge on any atom is 0.306 e. The fourth-order valence-electron chi connectivity index (χ4n) is 1.01. The van der Waals surface area contributed by atoms with Gasteiger partial charge in [-0.05, 0) is 12.5 Å². The summed E-state index contributed by atoms with van der Waals surface area (Å²) in [5, 5.41) is 2.94. The first-order chi connectivity index (χ1) is 7.83. The molecule has 0 atom stereocenters. The molecule has 0 aromatic carbocycles. The molecule has 1 heterocycles. The summed E-state index contributed by atoms with van der Waals surface area (Å²) in [6.45, 7) is 4.35. The predicted octanol–water partition coefficient (Wildman–Crippen LogP) is 1.40. The number of ether oxygens (including phenoxy) is 1. The van der Waals surface area contributed by atoms with Gasteiger partial charge in [-0.3, -0.25) is 4.79 Å². The Balaban J connectivity index is 2.08. The van der Waals surface area contributed by atoms with E-state index in [4.69, 9.17) is 4.74 Å². The quantitative estimate of drug-likeness (QED) is 0.428. The molecule has 0 saturated heterocycles. The van der Waals surface area contributed by atoms with Gasteiger partial charge in [0.05, 0.1) is 6.54 Å². The average molecular weight is 221 g/mol. The number of esters is 1. The number of anilines is 1. The lowest BCUT2D eigenvalue weighted by atomic mass is 10.3. The minimum absolute atomic E-state index is 0.212. The molecule has 0 unspecified atom stereocenters. The van der Waals surface area contributed by atoms with Gasteiger partial charge in [-0.25, -0.2) is 9.97 Å². The Morgan fingerprint density at radius 2 is 2.25 bits per heavy atom. The first-order valence-corrected chi connectivity index (χ1v) is 5.10. The van der Waals surface area contributed by atoms with Crippen molar-refractivity contribution < 1.29 is 9.53 Å². The second kappa shape index (κ2) is 7.39. The molecule has 1 aromatic rings. The highest BCUT2D eigenvalue weighted by Gasteiger charge is 2.00. The second-order valence-electron chi connectivity index (χ2n) is 3.05. The zero-order valence-corrected chi connectivity index (χ0v) is 9.06. The molecule has 0 radical (unpaired) electrons. The van der Waals surface area contributed by atoms with Crippen LogP contribution >= 0.6 is 0 Å². The van der Waals surface area contributed by atoms with Crippen molar-refractivity contribution >= 4 is 11.9 Å². The Morgan fingerprint density at radius 3 is 2.94 bits per heavy atom. The van der Waals surface area contributed by atoms with Crippen LogP contribution < -0.4 is 5.32 Å². The highest BCUT2D eigenvalue weighted by molar-refractivity contribution is 5.69. The van der Waals surface area contributed by atoms with Crippen LogP contribution in [0.15, 0.2) is 31.1 Å². The van der Waals surface area contributed by atoms with E-state index in [0.717, 1.165) is 0 Å². The van der Waals surface area contributed by atoms with Gasteiger partial charge in [0.25, 0.3) is 0 Å². The summed E-state index contributed by atoms with van der Waals surface area (Å²) in [5.41, 5.74) is 0. The SMILES string of the molecule is C=CCCC(=O)OCCNc1ncccn1. The van der Waals surface area contributed by atoms with Crippen molar-refractivity contribution in [3.63, 3.8) is 0 Å². The lowest BCUT2D eigenvalue weighted by molar-refractivity contribution is -0.143. The first kappa shape index (κ1) is 12.2. The third kappa shape index (κ3) is 5.09. The van der Waals surface area contributed by atoms with E-state index >= 15 is 0 Å². The Morgan fingerprint density at radius 1 is 1.50 bits per heavy atom. The minimum atomic E-state index is -0.212. The molecule has 5 nitrogen and oxygen atoms in total. The van der Waals surface area contributed by atoms with Crippen molar-refractivity contribution in [1.82, 2.24) is 9.97 Å². The number of aromatic nitrogens is 2. The number of nitrogens with zero attached hydrogens (tertiary/aromatic N) is 2. The van der Waals surface area contributed by atoms with Crippen molar-refractivity contribution in [3.8, 4) is 0 Å². The topological polar surface area (TPSA) is 64.1 Å². The number of allylic oxidation sites excluding steroid dienone is 1. The van der Waals surface area contributed by atoms with Gasteiger partial charge in [-0.1, -0.05) is 6.08 Å². The molecule has 0 amide bonds. The molecule has 0 saturated carbocycles. The smallest absolute Gasteiger partial charge is 0.306 e. The predicted molar refractivity (Wildman–Crippen MR) is 60.9 cm³/mol. The highest BCUT2D eigenvalue weighted by Crippen LogP contribution is 1.95. The summed E-state index contributed by atoms with van der Waals surface area (Å²) >= 11 is 0. The number of nitrogens with one attached hydrogen (secondary N) is 1. The average Bonchev–Trinajstić information content (AvgIpc) is 2.33. The normalized spacial score (nSPS) is 9.50. The Labute approximate surface area is 94.6 Å². The molecule has 1 rings (SSSR count). The third-order valence-electron chi connectivity index (χ3n) is 1.77. The van der Waals surface area contributed by atoms with Crippen LogP contribution in [-0.2, 0) is 9.53 Å². The number of carbonyl (C=O) groups excluding carboxylic acids is 1. The molecule has 0 aliphatic heterocycles. The van der Waals surface area contributed by atoms with Crippen molar-refractivity contribution in [1.29, 1.82) is 0 Å². The second-order valence-corrected chi connectivity index (χ2v) is 3.05. The summed E-state index contributed by atoms with van der Waals surface area (Å²) in [4.78, 5) is 19.0. The van der Waals surface area contributed by atoms with Crippen LogP contribution in [0.25, 0.3) is 0 Å². The van der Waals surface area contributed by atoms with Gasteiger partial charge in [0, 0.05) is 18.8 Å². The van der Waals surface area contributed by atoms with Crippen molar-refractivity contribution in [2.45, 2.75) is 12.8 Å². The van der Waals surface area contributed by atoms with E-state index in [1.165, 1.54) is 0 Å². The molecule has 5 heteroatoms. The van der Waals surface area contributed by atoms with Gasteiger partial charge in [0.1, 0.15) is 6.61 Å². The lowest BCUT2D eigenvalue weighted by Crippen LogP contribution is -2.14. The minimum Gasteiger partial charge on any atom is -0.464 e. The fourth-order valence-corrected chi connectivity index (χ4v) is 1.01. The van der Waals surface area contributed by atoms with Gasteiger partial charge in [-0.15, -0.1) is 6.58 Å². The fraction of sp³-hybridized carbons (Fsp3) is 0.364. The molecule has 1 aromatic heterocycles. The Hall–Kier alpha value is -1.91. The largest absolute Gasteiger partial charge is 0.464 e. The van der Waals surface area contributed by atoms with Gasteiger partial charge in [0.15, 0.2) is 0 Å². The maximum atomic E-state index is 11.1. The molecule has 0 aliphatic carbocycles. The number of rotatable bonds is 7. The summed E-state index contributed by atoms with van der Waals surface area (Å²) in [5.74, 6) is 0.320. The molecule has 0 aliphatic rings. The third-order valence-corrected chi connectivity index (χ3v) is 1.77. The number of carbonyl (C=O) groups is 1. The summed E-state index contributed by atoms with van der Waals surface area (Å²) in [7, 11) is 0. The number of hydrogen-bond donors (Lipinski definition) is 1. The monoisotopic (exact) mass is 221 g/mol. The molecule has 1 N–H and O–H groups in total. The first-order valence-electron chi connectivity index (χ1n) is 5.10. The van der Waals surface area contributed by atoms with Gasteiger partial charge < -0.3 is 10.1 Å². The van der Waals surface area contributed by atoms with E-state index < -0.39 is 0 Å². The van der Waals surface area contributed by atoms with Crippen LogP contribution in [0.4, 0.5) is 5.95 Å². The van der Waals surface area contributed by atoms with Crippen molar-refractivity contribution in [2.75, 3.05) is 18.5 Å². The molecule has 0 spiro atoms. The highest BCUT2D eigenvalue weighted by atomic mass is 16.5. The van der Waals surface area contributed by atoms with E-state index in [1.807, 2.05) is 0 Å². The van der Waals surface area contributed by atoms with E-state index in [9.17, 15) is 4.79 Å². The van der Waals surface area contributed by atoms with Crippen LogP contribution in [0.1, 0.15) is 12.8 Å². The van der Waals surface area contributed by atoms with Crippen molar-refractivity contribution in [2.24, 2.45) is 0 Å². The van der Waals surface area contributed by atoms with E-state index in [2.05, 4.69) is 21.9 Å². The van der Waals surface area contributed by atoms with Crippen LogP contribution in [0.5, 0.6) is 0 Å². The zero-order chi connectivity index (χ0) is 11.6. The molecular formula is C11H15N3O2. The molecule has 86 valence electrons. The zero-order valence-electron chi connectivity index (χ0n) is 9.06. The molecular weight excluding hydrogens is 206 g/mol. The van der Waals surface area contributed by atoms with Gasteiger partial charge >= 0.3 is 5.97 Å². The lowest BCUT2D eigenvalue weighted by Gasteiger charge is -2.05. The van der Waals surface area contributed by atoms with Gasteiger partial charge in [-0.2, -0.15) is 0 Å². The summed E-state index contributed by atoms with van der Waals surface area (Å²) in [6, 6.07) is 1.74. The molecule has 16 heavy (non-hydrogen) atoms. The molecule has 0 bridgehead atoms. The van der Waals surface area contributed by atoms with E-state index in [1.54, 1.807) is 24.5 Å². The Bertz CT molecular complexity index is 327. The van der Waals surface area contributed by atoms with Crippen molar-refractivity contribution in [3.05, 3.63) is 31.1 Å². The molecule has 0 fully saturated rings. The Kier molecular flexibility index (Phi) is 5.62. The standard InChI is InChI=1S/C11H15N3O2/c1-2-3-5-10(15)16-9-8-14-11-12-6-4-7-13-11/h2,4,6-7H,1,3,5,8-9H2,(H,12,13,14). The van der Waals surface area contributed by atoms with E-state index in [0.29, 0.717) is 31.9 Å². The van der Waals surface area contributed by atoms with E-state index in [-0.39, 0.29) is 5.97 Å². The van der Waals surface area contributed by atoms with Crippen LogP contribution in [0.3, 0.4) is 0 Å². The van der Waals surface area contributed by atoms with Crippen LogP contribution in [0, 0.1) is 0 Å². The van der Waals surface area contributed by atoms with Crippen LogP contribution in [0.2, 0.25) is 0 Å².